The van der Waals surface area contributed by atoms with E-state index in [9.17, 15) is 9.59 Å². The molecule has 0 spiro atoms. The quantitative estimate of drug-likeness (QED) is 0.630. The van der Waals surface area contributed by atoms with Crippen LogP contribution < -0.4 is 5.32 Å². The Labute approximate surface area is 173 Å². The van der Waals surface area contributed by atoms with E-state index >= 15 is 0 Å². The van der Waals surface area contributed by atoms with Crippen LogP contribution in [0.15, 0.2) is 64.6 Å². The first-order valence-electron chi connectivity index (χ1n) is 9.55. The topological polar surface area (TPSA) is 71.8 Å². The van der Waals surface area contributed by atoms with E-state index in [1.807, 2.05) is 29.6 Å². The summed E-state index contributed by atoms with van der Waals surface area (Å²) in [5.74, 6) is 0.430. The second-order valence-electron chi connectivity index (χ2n) is 6.89. The first kappa shape index (κ1) is 19.4. The lowest BCUT2D eigenvalue weighted by Gasteiger charge is -2.21. The second kappa shape index (κ2) is 9.07. The minimum absolute atomic E-state index is 0.122. The van der Waals surface area contributed by atoms with E-state index in [0.717, 1.165) is 23.5 Å². The molecule has 1 N–H and O–H groups in total. The number of benzene rings is 1. The highest BCUT2D eigenvalue weighted by Crippen LogP contribution is 2.20. The van der Waals surface area contributed by atoms with E-state index in [4.69, 9.17) is 9.15 Å². The van der Waals surface area contributed by atoms with Crippen molar-refractivity contribution in [2.45, 2.75) is 32.0 Å². The van der Waals surface area contributed by atoms with Crippen LogP contribution in [0.2, 0.25) is 0 Å². The van der Waals surface area contributed by atoms with Gasteiger partial charge < -0.3 is 19.4 Å². The van der Waals surface area contributed by atoms with Gasteiger partial charge in [0.05, 0.1) is 19.4 Å². The zero-order valence-corrected chi connectivity index (χ0v) is 16.7. The molecule has 1 aliphatic heterocycles. The Morgan fingerprint density at radius 1 is 1.14 bits per heavy atom. The van der Waals surface area contributed by atoms with E-state index in [1.54, 1.807) is 46.8 Å². The highest BCUT2D eigenvalue weighted by molar-refractivity contribution is 7.09. The fourth-order valence-corrected chi connectivity index (χ4v) is 4.02. The lowest BCUT2D eigenvalue weighted by atomic mass is 10.1. The lowest BCUT2D eigenvalue weighted by Crippen LogP contribution is -2.30. The molecule has 0 radical (unpaired) electrons. The molecule has 150 valence electrons. The van der Waals surface area contributed by atoms with Crippen molar-refractivity contribution in [1.29, 1.82) is 0 Å². The van der Waals surface area contributed by atoms with Gasteiger partial charge in [0, 0.05) is 22.7 Å². The van der Waals surface area contributed by atoms with Gasteiger partial charge in [0.15, 0.2) is 0 Å². The summed E-state index contributed by atoms with van der Waals surface area (Å²) in [7, 11) is 0. The predicted molar refractivity (Wildman–Crippen MR) is 111 cm³/mol. The van der Waals surface area contributed by atoms with E-state index in [2.05, 4.69) is 5.32 Å². The van der Waals surface area contributed by atoms with Crippen molar-refractivity contribution in [3.8, 4) is 0 Å². The number of nitrogens with one attached hydrogen (secondary N) is 1. The summed E-state index contributed by atoms with van der Waals surface area (Å²) in [4.78, 5) is 28.4. The molecule has 3 heterocycles. The maximum Gasteiger partial charge on any atom is 0.254 e. The zero-order chi connectivity index (χ0) is 20.1. The number of anilines is 1. The summed E-state index contributed by atoms with van der Waals surface area (Å²) in [6.07, 6.45) is 2.80. The third-order valence-corrected chi connectivity index (χ3v) is 5.60. The Bertz CT molecular complexity index is 911. The van der Waals surface area contributed by atoms with E-state index in [0.29, 0.717) is 30.9 Å². The summed E-state index contributed by atoms with van der Waals surface area (Å²) >= 11 is 1.61. The van der Waals surface area contributed by atoms with Crippen LogP contribution in [-0.2, 0) is 22.6 Å². The van der Waals surface area contributed by atoms with Gasteiger partial charge in [-0.15, -0.1) is 11.3 Å². The Morgan fingerprint density at radius 3 is 2.79 bits per heavy atom. The van der Waals surface area contributed by atoms with E-state index in [1.165, 1.54) is 0 Å². The minimum Gasteiger partial charge on any atom is -0.467 e. The van der Waals surface area contributed by atoms with Gasteiger partial charge in [-0.1, -0.05) is 12.1 Å². The monoisotopic (exact) mass is 410 g/mol. The van der Waals surface area contributed by atoms with Crippen LogP contribution in [0.25, 0.3) is 0 Å². The molecule has 1 saturated heterocycles. The number of amides is 2. The molecule has 0 aliphatic carbocycles. The summed E-state index contributed by atoms with van der Waals surface area (Å²) < 4.78 is 10.9. The number of hydrogen-bond donors (Lipinski definition) is 1. The first-order valence-corrected chi connectivity index (χ1v) is 10.4. The molecule has 0 bridgehead atoms. The Hall–Kier alpha value is -2.90. The summed E-state index contributed by atoms with van der Waals surface area (Å²) in [5, 5.41) is 4.85. The van der Waals surface area contributed by atoms with E-state index < -0.39 is 6.10 Å². The van der Waals surface area contributed by atoms with Gasteiger partial charge >= 0.3 is 0 Å². The molecule has 1 aromatic carbocycles. The molecule has 6 nitrogen and oxygen atoms in total. The van der Waals surface area contributed by atoms with Crippen molar-refractivity contribution in [2.24, 2.45) is 0 Å². The van der Waals surface area contributed by atoms with Crippen molar-refractivity contribution < 1.29 is 18.7 Å². The molecular weight excluding hydrogens is 388 g/mol. The molecule has 1 fully saturated rings. The maximum absolute atomic E-state index is 13.2. The number of nitrogens with zero attached hydrogens (tertiary/aromatic N) is 1. The maximum atomic E-state index is 13.2. The molecule has 1 aliphatic rings. The van der Waals surface area contributed by atoms with Crippen LogP contribution in [0.1, 0.15) is 33.8 Å². The molecule has 7 heteroatoms. The summed E-state index contributed by atoms with van der Waals surface area (Å²) in [6.45, 7) is 1.47. The molecule has 1 atom stereocenters. The molecule has 1 unspecified atom stereocenters. The van der Waals surface area contributed by atoms with Gasteiger partial charge in [0.25, 0.3) is 11.8 Å². The summed E-state index contributed by atoms with van der Waals surface area (Å²) in [6, 6.07) is 14.7. The molecule has 2 amide bonds. The van der Waals surface area contributed by atoms with Crippen LogP contribution in [0.3, 0.4) is 0 Å². The molecular formula is C22H22N2O4S. The van der Waals surface area contributed by atoms with E-state index in [-0.39, 0.29) is 11.8 Å². The molecule has 2 aromatic heterocycles. The van der Waals surface area contributed by atoms with Crippen LogP contribution in [-0.4, -0.2) is 29.4 Å². The average molecular weight is 410 g/mol. The fourth-order valence-electron chi connectivity index (χ4n) is 3.30. The molecule has 29 heavy (non-hydrogen) atoms. The smallest absolute Gasteiger partial charge is 0.254 e. The second-order valence-corrected chi connectivity index (χ2v) is 7.92. The van der Waals surface area contributed by atoms with Crippen LogP contribution in [0.4, 0.5) is 5.69 Å². The minimum atomic E-state index is -0.413. The van der Waals surface area contributed by atoms with Crippen molar-refractivity contribution in [2.75, 3.05) is 11.9 Å². The van der Waals surface area contributed by atoms with Crippen LogP contribution >= 0.6 is 11.3 Å². The fraction of sp³-hybridized carbons (Fsp3) is 0.273. The number of furan rings is 1. The first-order chi connectivity index (χ1) is 14.2. The van der Waals surface area contributed by atoms with Crippen LogP contribution in [0.5, 0.6) is 0 Å². The largest absolute Gasteiger partial charge is 0.467 e. The van der Waals surface area contributed by atoms with Crippen molar-refractivity contribution in [1.82, 2.24) is 4.90 Å². The standard InChI is InChI=1S/C22H22N2O4S/c25-21(20-9-3-11-28-20)23-17-6-1-5-16(13-17)22(26)24(14-18-7-2-10-27-18)15-19-8-4-12-29-19/h1-2,4-8,10,12-13,20H,3,9,11,14-15H2,(H,23,25). The molecule has 4 rings (SSSR count). The lowest BCUT2D eigenvalue weighted by molar-refractivity contribution is -0.124. The number of thiophene rings is 1. The third-order valence-electron chi connectivity index (χ3n) is 4.74. The Kier molecular flexibility index (Phi) is 6.07. The normalized spacial score (nSPS) is 15.9. The third kappa shape index (κ3) is 4.93. The Balaban J connectivity index is 1.50. The number of carbonyl (C=O) groups is 2. The highest BCUT2D eigenvalue weighted by Gasteiger charge is 2.24. The van der Waals surface area contributed by atoms with Crippen molar-refractivity contribution in [3.63, 3.8) is 0 Å². The van der Waals surface area contributed by atoms with Crippen molar-refractivity contribution in [3.05, 3.63) is 76.4 Å². The van der Waals surface area contributed by atoms with Crippen LogP contribution in [0, 0.1) is 0 Å². The SMILES string of the molecule is O=C(Nc1cccc(C(=O)N(Cc2ccco2)Cc2cccs2)c1)C1CCCO1. The summed E-state index contributed by atoms with van der Waals surface area (Å²) in [5.41, 5.74) is 1.10. The highest BCUT2D eigenvalue weighted by atomic mass is 32.1. The molecule has 0 saturated carbocycles. The van der Waals surface area contributed by atoms with Gasteiger partial charge in [-0.2, -0.15) is 0 Å². The zero-order valence-electron chi connectivity index (χ0n) is 15.9. The molecule has 3 aromatic rings. The van der Waals surface area contributed by atoms with Gasteiger partial charge in [0.2, 0.25) is 0 Å². The van der Waals surface area contributed by atoms with Gasteiger partial charge in [-0.25, -0.2) is 0 Å². The average Bonchev–Trinajstić information content (AvgIpc) is 3.50. The van der Waals surface area contributed by atoms with Gasteiger partial charge in [0.1, 0.15) is 11.9 Å². The number of ether oxygens (including phenoxy) is 1. The van der Waals surface area contributed by atoms with Gasteiger partial charge in [-0.3, -0.25) is 9.59 Å². The number of hydrogen-bond acceptors (Lipinski definition) is 5. The predicted octanol–water partition coefficient (Wildman–Crippen LogP) is 4.30. The van der Waals surface area contributed by atoms with Crippen molar-refractivity contribution >= 4 is 28.8 Å². The number of rotatable bonds is 7. The van der Waals surface area contributed by atoms with Gasteiger partial charge in [-0.05, 0) is 54.6 Å². The number of carbonyl (C=O) groups excluding carboxylic acids is 2. The Morgan fingerprint density at radius 2 is 2.07 bits per heavy atom.